The Bertz CT molecular complexity index is 417. The molecule has 1 aromatic rings. The van der Waals surface area contributed by atoms with Gasteiger partial charge in [0.05, 0.1) is 6.54 Å². The Balaban J connectivity index is 2.75. The van der Waals surface area contributed by atoms with E-state index in [4.69, 9.17) is 0 Å². The summed E-state index contributed by atoms with van der Waals surface area (Å²) in [6, 6.07) is 0. The lowest BCUT2D eigenvalue weighted by molar-refractivity contribution is -0.128. The minimum absolute atomic E-state index is 0.0803. The molecule has 0 aliphatic carbocycles. The smallest absolute Gasteiger partial charge is 0.241 e. The van der Waals surface area contributed by atoms with Crippen LogP contribution in [0.4, 0.5) is 11.6 Å². The van der Waals surface area contributed by atoms with E-state index in [1.54, 1.807) is 4.90 Å². The van der Waals surface area contributed by atoms with Crippen LogP contribution >= 0.6 is 0 Å². The minimum atomic E-state index is 0.0803. The van der Waals surface area contributed by atoms with Gasteiger partial charge in [-0.05, 0) is 20.3 Å². The second kappa shape index (κ2) is 7.56. The third-order valence-corrected chi connectivity index (χ3v) is 3.06. The van der Waals surface area contributed by atoms with Crippen molar-refractivity contribution in [2.24, 2.45) is 0 Å². The lowest BCUT2D eigenvalue weighted by Crippen LogP contribution is -2.35. The summed E-state index contributed by atoms with van der Waals surface area (Å²) in [6.07, 6.45) is 2.30. The number of carbonyl (C=O) groups is 1. The predicted molar refractivity (Wildman–Crippen MR) is 77.4 cm³/mol. The first kappa shape index (κ1) is 15.2. The third-order valence-electron chi connectivity index (χ3n) is 3.06. The summed E-state index contributed by atoms with van der Waals surface area (Å²) in [6.45, 7) is 7.70. The van der Waals surface area contributed by atoms with Crippen LogP contribution in [0.2, 0.25) is 0 Å². The molecule has 6 heteroatoms. The van der Waals surface area contributed by atoms with Crippen LogP contribution in [-0.2, 0) is 11.2 Å². The third kappa shape index (κ3) is 3.81. The molecule has 0 fully saturated rings. The van der Waals surface area contributed by atoms with E-state index >= 15 is 0 Å². The van der Waals surface area contributed by atoms with Crippen molar-refractivity contribution in [3.63, 3.8) is 0 Å². The number of nitrogens with zero attached hydrogens (tertiary/aromatic N) is 3. The molecule has 19 heavy (non-hydrogen) atoms. The van der Waals surface area contributed by atoms with Crippen molar-refractivity contribution in [2.45, 2.75) is 27.2 Å². The zero-order chi connectivity index (χ0) is 14.3. The Morgan fingerprint density at radius 1 is 1.21 bits per heavy atom. The fourth-order valence-electron chi connectivity index (χ4n) is 1.96. The van der Waals surface area contributed by atoms with Gasteiger partial charge in [-0.25, -0.2) is 9.97 Å². The van der Waals surface area contributed by atoms with Gasteiger partial charge >= 0.3 is 0 Å². The van der Waals surface area contributed by atoms with Gasteiger partial charge in [0, 0.05) is 25.7 Å². The zero-order valence-electron chi connectivity index (χ0n) is 12.2. The van der Waals surface area contributed by atoms with E-state index in [2.05, 4.69) is 20.6 Å². The molecule has 1 heterocycles. The quantitative estimate of drug-likeness (QED) is 0.779. The van der Waals surface area contributed by atoms with Gasteiger partial charge in [-0.1, -0.05) is 6.92 Å². The number of hydrogen-bond acceptors (Lipinski definition) is 5. The molecule has 0 unspecified atom stereocenters. The van der Waals surface area contributed by atoms with Crippen LogP contribution in [0.15, 0.2) is 6.33 Å². The van der Waals surface area contributed by atoms with Crippen LogP contribution in [-0.4, -0.2) is 47.5 Å². The van der Waals surface area contributed by atoms with Gasteiger partial charge in [0.1, 0.15) is 18.0 Å². The lowest BCUT2D eigenvalue weighted by Gasteiger charge is -2.19. The lowest BCUT2D eigenvalue weighted by atomic mass is 10.2. The highest BCUT2D eigenvalue weighted by atomic mass is 16.2. The van der Waals surface area contributed by atoms with Gasteiger partial charge in [0.25, 0.3) is 0 Å². The molecule has 0 saturated carbocycles. The number of amides is 1. The first-order chi connectivity index (χ1) is 9.17. The normalized spacial score (nSPS) is 10.1. The molecule has 1 aromatic heterocycles. The number of anilines is 2. The second-order valence-electron chi connectivity index (χ2n) is 4.07. The molecular formula is C13H23N5O. The first-order valence-electron chi connectivity index (χ1n) is 6.71. The van der Waals surface area contributed by atoms with Crippen molar-refractivity contribution in [1.82, 2.24) is 14.9 Å². The highest BCUT2D eigenvalue weighted by Gasteiger charge is 2.12. The molecule has 106 valence electrons. The van der Waals surface area contributed by atoms with Gasteiger partial charge in [0.15, 0.2) is 0 Å². The van der Waals surface area contributed by atoms with Crippen LogP contribution in [0.1, 0.15) is 26.3 Å². The fourth-order valence-corrected chi connectivity index (χ4v) is 1.96. The SMILES string of the molecule is CCc1c(NC)ncnc1NCC(=O)N(CC)CC. The topological polar surface area (TPSA) is 70.1 Å². The van der Waals surface area contributed by atoms with E-state index in [-0.39, 0.29) is 12.5 Å². The minimum Gasteiger partial charge on any atom is -0.373 e. The number of rotatable bonds is 7. The maximum absolute atomic E-state index is 11.9. The molecule has 0 bridgehead atoms. The van der Waals surface area contributed by atoms with Crippen LogP contribution in [0.25, 0.3) is 0 Å². The van der Waals surface area contributed by atoms with Crippen molar-refractivity contribution in [3.8, 4) is 0 Å². The van der Waals surface area contributed by atoms with Gasteiger partial charge in [-0.15, -0.1) is 0 Å². The summed E-state index contributed by atoms with van der Waals surface area (Å²) in [5.74, 6) is 1.61. The summed E-state index contributed by atoms with van der Waals surface area (Å²) in [5.41, 5.74) is 0.998. The second-order valence-corrected chi connectivity index (χ2v) is 4.07. The summed E-state index contributed by atoms with van der Waals surface area (Å²) >= 11 is 0. The van der Waals surface area contributed by atoms with E-state index in [1.807, 2.05) is 27.8 Å². The largest absolute Gasteiger partial charge is 0.373 e. The summed E-state index contributed by atoms with van der Waals surface area (Å²) in [5, 5.41) is 6.14. The number of nitrogens with one attached hydrogen (secondary N) is 2. The maximum atomic E-state index is 11.9. The summed E-state index contributed by atoms with van der Waals surface area (Å²) in [7, 11) is 1.83. The van der Waals surface area contributed by atoms with E-state index in [0.29, 0.717) is 0 Å². The average molecular weight is 265 g/mol. The maximum Gasteiger partial charge on any atom is 0.241 e. The molecule has 1 amide bonds. The molecule has 0 saturated heterocycles. The van der Waals surface area contributed by atoms with Crippen LogP contribution in [0, 0.1) is 0 Å². The van der Waals surface area contributed by atoms with Crippen LogP contribution < -0.4 is 10.6 Å². The Morgan fingerprint density at radius 3 is 2.37 bits per heavy atom. The number of likely N-dealkylation sites (N-methyl/N-ethyl adjacent to an activating group) is 1. The van der Waals surface area contributed by atoms with E-state index in [9.17, 15) is 4.79 Å². The standard InChI is InChI=1S/C13H23N5O/c1-5-10-12(14-4)16-9-17-13(10)15-8-11(19)18(6-2)7-3/h9H,5-8H2,1-4H3,(H2,14,15,16,17). The molecule has 2 N–H and O–H groups in total. The molecular weight excluding hydrogens is 242 g/mol. The van der Waals surface area contributed by atoms with Crippen molar-refractivity contribution in [2.75, 3.05) is 37.3 Å². The van der Waals surface area contributed by atoms with Gasteiger partial charge in [0.2, 0.25) is 5.91 Å². The van der Waals surface area contributed by atoms with Crippen LogP contribution in [0.5, 0.6) is 0 Å². The van der Waals surface area contributed by atoms with Crippen molar-refractivity contribution in [1.29, 1.82) is 0 Å². The molecule has 1 rings (SSSR count). The Labute approximate surface area is 114 Å². The van der Waals surface area contributed by atoms with E-state index < -0.39 is 0 Å². The molecule has 6 nitrogen and oxygen atoms in total. The van der Waals surface area contributed by atoms with E-state index in [0.717, 1.165) is 36.7 Å². The highest BCUT2D eigenvalue weighted by Crippen LogP contribution is 2.19. The van der Waals surface area contributed by atoms with Crippen molar-refractivity contribution < 1.29 is 4.79 Å². The van der Waals surface area contributed by atoms with Crippen LogP contribution in [0.3, 0.4) is 0 Å². The van der Waals surface area contributed by atoms with Gasteiger partial charge < -0.3 is 15.5 Å². The Morgan fingerprint density at radius 2 is 1.84 bits per heavy atom. The van der Waals surface area contributed by atoms with E-state index in [1.165, 1.54) is 6.33 Å². The van der Waals surface area contributed by atoms with Gasteiger partial charge in [-0.3, -0.25) is 4.79 Å². The average Bonchev–Trinajstić information content (AvgIpc) is 2.45. The molecule has 0 aromatic carbocycles. The predicted octanol–water partition coefficient (Wildman–Crippen LogP) is 1.36. The molecule has 0 radical (unpaired) electrons. The number of carbonyl (C=O) groups excluding carboxylic acids is 1. The van der Waals surface area contributed by atoms with Crippen molar-refractivity contribution in [3.05, 3.63) is 11.9 Å². The molecule has 0 aliphatic rings. The fraction of sp³-hybridized carbons (Fsp3) is 0.615. The first-order valence-corrected chi connectivity index (χ1v) is 6.71. The molecule has 0 atom stereocenters. The number of hydrogen-bond donors (Lipinski definition) is 2. The van der Waals surface area contributed by atoms with Crippen molar-refractivity contribution >= 4 is 17.5 Å². The summed E-state index contributed by atoms with van der Waals surface area (Å²) < 4.78 is 0. The Hall–Kier alpha value is -1.85. The molecule has 0 aliphatic heterocycles. The highest BCUT2D eigenvalue weighted by molar-refractivity contribution is 5.81. The summed E-state index contributed by atoms with van der Waals surface area (Å²) in [4.78, 5) is 22.1. The monoisotopic (exact) mass is 265 g/mol. The number of aromatic nitrogens is 2. The Kier molecular flexibility index (Phi) is 6.05. The van der Waals surface area contributed by atoms with Gasteiger partial charge in [-0.2, -0.15) is 0 Å². The zero-order valence-corrected chi connectivity index (χ0v) is 12.2. The molecule has 0 spiro atoms.